The molecule has 7 heteroatoms. The first kappa shape index (κ1) is 21.1. The van der Waals surface area contributed by atoms with E-state index in [1.54, 1.807) is 24.3 Å². The van der Waals surface area contributed by atoms with Gasteiger partial charge in [-0.2, -0.15) is 0 Å². The number of amides is 2. The minimum Gasteiger partial charge on any atom is -0.340 e. The van der Waals surface area contributed by atoms with E-state index in [1.165, 1.54) is 6.42 Å². The molecule has 0 saturated carbocycles. The minimum atomic E-state index is -0.0206. The van der Waals surface area contributed by atoms with Crippen molar-refractivity contribution in [1.82, 2.24) is 20.0 Å². The Morgan fingerprint density at radius 3 is 2.57 bits per heavy atom. The van der Waals surface area contributed by atoms with Gasteiger partial charge < -0.3 is 15.1 Å². The molecule has 0 aliphatic carbocycles. The summed E-state index contributed by atoms with van der Waals surface area (Å²) in [6.45, 7) is 8.54. The van der Waals surface area contributed by atoms with Crippen molar-refractivity contribution in [2.75, 3.05) is 52.4 Å². The van der Waals surface area contributed by atoms with Gasteiger partial charge >= 0.3 is 0 Å². The lowest BCUT2D eigenvalue weighted by atomic mass is 10.1. The average molecular weight is 407 g/mol. The molecule has 6 nitrogen and oxygen atoms in total. The van der Waals surface area contributed by atoms with Crippen LogP contribution in [0, 0.1) is 0 Å². The predicted octanol–water partition coefficient (Wildman–Crippen LogP) is 2.09. The van der Waals surface area contributed by atoms with Gasteiger partial charge in [0.1, 0.15) is 0 Å². The summed E-state index contributed by atoms with van der Waals surface area (Å²) < 4.78 is 0. The summed E-state index contributed by atoms with van der Waals surface area (Å²) in [5.41, 5.74) is 0.625. The Kier molecular flexibility index (Phi) is 7.71. The molecule has 0 spiro atoms. The number of nitrogens with zero attached hydrogens (tertiary/aromatic N) is 3. The van der Waals surface area contributed by atoms with Gasteiger partial charge in [-0.05, 0) is 50.2 Å². The molecule has 2 aliphatic rings. The van der Waals surface area contributed by atoms with Gasteiger partial charge in [0.05, 0.1) is 0 Å². The number of rotatable bonds is 7. The molecule has 1 aromatic rings. The molecule has 1 atom stereocenters. The minimum absolute atomic E-state index is 0.0206. The van der Waals surface area contributed by atoms with Crippen LogP contribution in [0.4, 0.5) is 0 Å². The Balaban J connectivity index is 1.67. The third-order valence-electron chi connectivity index (χ3n) is 5.78. The highest BCUT2D eigenvalue weighted by molar-refractivity contribution is 6.30. The first-order valence-corrected chi connectivity index (χ1v) is 10.7. The largest absolute Gasteiger partial charge is 0.340 e. The van der Waals surface area contributed by atoms with Crippen LogP contribution in [0.3, 0.4) is 0 Å². The molecule has 2 saturated heterocycles. The molecule has 0 bridgehead atoms. The quantitative estimate of drug-likeness (QED) is 0.753. The second kappa shape index (κ2) is 10.2. The number of piperazine rings is 1. The molecular weight excluding hydrogens is 376 g/mol. The molecule has 0 radical (unpaired) electrons. The van der Waals surface area contributed by atoms with Crippen LogP contribution in [-0.4, -0.2) is 84.9 Å². The number of nitrogens with one attached hydrogen (secondary N) is 1. The molecule has 1 N–H and O–H groups in total. The summed E-state index contributed by atoms with van der Waals surface area (Å²) >= 11 is 5.97. The Morgan fingerprint density at radius 1 is 1.18 bits per heavy atom. The Morgan fingerprint density at radius 2 is 1.89 bits per heavy atom. The fourth-order valence-electron chi connectivity index (χ4n) is 4.13. The van der Waals surface area contributed by atoms with Gasteiger partial charge in [-0.1, -0.05) is 18.5 Å². The van der Waals surface area contributed by atoms with Crippen molar-refractivity contribution in [3.8, 4) is 0 Å². The maximum Gasteiger partial charge on any atom is 0.253 e. The molecule has 3 rings (SSSR count). The second-order valence-corrected chi connectivity index (χ2v) is 8.00. The number of benzene rings is 1. The molecule has 1 aromatic carbocycles. The van der Waals surface area contributed by atoms with Crippen LogP contribution in [0.25, 0.3) is 0 Å². The van der Waals surface area contributed by atoms with Crippen molar-refractivity contribution in [2.45, 2.75) is 32.2 Å². The summed E-state index contributed by atoms with van der Waals surface area (Å²) in [4.78, 5) is 31.9. The molecule has 28 heavy (non-hydrogen) atoms. The predicted molar refractivity (Wildman–Crippen MR) is 112 cm³/mol. The molecule has 2 fully saturated rings. The van der Waals surface area contributed by atoms with E-state index in [9.17, 15) is 9.59 Å². The number of carbonyl (C=O) groups is 2. The first-order chi connectivity index (χ1) is 13.6. The lowest BCUT2D eigenvalue weighted by Gasteiger charge is -2.32. The van der Waals surface area contributed by atoms with E-state index in [0.29, 0.717) is 36.1 Å². The monoisotopic (exact) mass is 406 g/mol. The molecule has 0 aromatic heterocycles. The van der Waals surface area contributed by atoms with E-state index < -0.39 is 0 Å². The molecular formula is C21H31ClN4O2. The zero-order chi connectivity index (χ0) is 19.9. The summed E-state index contributed by atoms with van der Waals surface area (Å²) in [6.07, 6.45) is 2.64. The number of halogens is 1. The van der Waals surface area contributed by atoms with E-state index in [4.69, 9.17) is 11.6 Å². The highest BCUT2D eigenvalue weighted by Gasteiger charge is 2.28. The van der Waals surface area contributed by atoms with Crippen LogP contribution in [0.2, 0.25) is 5.02 Å². The third kappa shape index (κ3) is 5.46. The van der Waals surface area contributed by atoms with Gasteiger partial charge in [0.15, 0.2) is 0 Å². The van der Waals surface area contributed by atoms with Crippen molar-refractivity contribution in [3.63, 3.8) is 0 Å². The van der Waals surface area contributed by atoms with E-state index >= 15 is 0 Å². The summed E-state index contributed by atoms with van der Waals surface area (Å²) in [5, 5.41) is 3.88. The molecule has 2 heterocycles. The van der Waals surface area contributed by atoms with E-state index in [2.05, 4.69) is 17.1 Å². The second-order valence-electron chi connectivity index (χ2n) is 7.56. The van der Waals surface area contributed by atoms with Crippen LogP contribution in [0.1, 0.15) is 36.5 Å². The zero-order valence-electron chi connectivity index (χ0n) is 16.7. The lowest BCUT2D eigenvalue weighted by Crippen LogP contribution is -2.48. The van der Waals surface area contributed by atoms with Crippen LogP contribution in [0.15, 0.2) is 24.3 Å². The van der Waals surface area contributed by atoms with Gasteiger partial charge in [-0.3, -0.25) is 14.5 Å². The normalized spacial score (nSPS) is 20.4. The van der Waals surface area contributed by atoms with Crippen molar-refractivity contribution < 1.29 is 9.59 Å². The molecule has 2 amide bonds. The Hall–Kier alpha value is -1.63. The summed E-state index contributed by atoms with van der Waals surface area (Å²) in [7, 11) is 0. The fourth-order valence-corrected chi connectivity index (χ4v) is 4.25. The van der Waals surface area contributed by atoms with E-state index in [0.717, 1.165) is 45.7 Å². The summed E-state index contributed by atoms with van der Waals surface area (Å²) in [5.74, 6) is 0.113. The maximum atomic E-state index is 13.2. The topological polar surface area (TPSA) is 55.9 Å². The van der Waals surface area contributed by atoms with Crippen molar-refractivity contribution in [1.29, 1.82) is 0 Å². The number of likely N-dealkylation sites (tertiary alicyclic amines) is 1. The van der Waals surface area contributed by atoms with Crippen molar-refractivity contribution in [2.24, 2.45) is 0 Å². The van der Waals surface area contributed by atoms with Gasteiger partial charge in [-0.25, -0.2) is 0 Å². The van der Waals surface area contributed by atoms with Gasteiger partial charge in [0.25, 0.3) is 5.91 Å². The number of hydrogen-bond donors (Lipinski definition) is 1. The summed E-state index contributed by atoms with van der Waals surface area (Å²) in [6, 6.07) is 7.39. The van der Waals surface area contributed by atoms with Gasteiger partial charge in [0.2, 0.25) is 5.91 Å². The molecule has 0 unspecified atom stereocenters. The van der Waals surface area contributed by atoms with Crippen molar-refractivity contribution in [3.05, 3.63) is 34.9 Å². The number of carbonyl (C=O) groups excluding carboxylic acids is 2. The van der Waals surface area contributed by atoms with Crippen LogP contribution in [-0.2, 0) is 4.79 Å². The van der Waals surface area contributed by atoms with Crippen LogP contribution >= 0.6 is 11.6 Å². The van der Waals surface area contributed by atoms with Gasteiger partial charge in [-0.15, -0.1) is 0 Å². The third-order valence-corrected chi connectivity index (χ3v) is 6.03. The lowest BCUT2D eigenvalue weighted by molar-refractivity contribution is -0.132. The van der Waals surface area contributed by atoms with Crippen LogP contribution < -0.4 is 5.32 Å². The number of likely N-dealkylation sites (N-methyl/N-ethyl adjacent to an activating group) is 1. The number of hydrogen-bond acceptors (Lipinski definition) is 4. The van der Waals surface area contributed by atoms with Crippen molar-refractivity contribution >= 4 is 23.4 Å². The first-order valence-electron chi connectivity index (χ1n) is 10.4. The molecule has 2 aliphatic heterocycles. The average Bonchev–Trinajstić information content (AvgIpc) is 3.18. The Bertz CT molecular complexity index is 661. The van der Waals surface area contributed by atoms with E-state index in [1.807, 2.05) is 9.80 Å². The standard InChI is InChI=1S/C21H31ClN4O2/c1-2-24-12-3-4-19(24)16-26(21(28)17-5-7-18(22)8-6-17)13-9-20(27)25-14-10-23-11-15-25/h5-8,19,23H,2-4,9-16H2,1H3/t19-/m0/s1. The fraction of sp³-hybridized carbons (Fsp3) is 0.619. The highest BCUT2D eigenvalue weighted by atomic mass is 35.5. The molecule has 154 valence electrons. The van der Waals surface area contributed by atoms with E-state index in [-0.39, 0.29) is 11.8 Å². The highest BCUT2D eigenvalue weighted by Crippen LogP contribution is 2.20. The zero-order valence-corrected chi connectivity index (χ0v) is 17.5. The SMILES string of the molecule is CCN1CCC[C@H]1CN(CCC(=O)N1CCNCC1)C(=O)c1ccc(Cl)cc1. The van der Waals surface area contributed by atoms with Crippen LogP contribution in [0.5, 0.6) is 0 Å². The smallest absolute Gasteiger partial charge is 0.253 e. The Labute approximate surface area is 172 Å². The van der Waals surface area contributed by atoms with Gasteiger partial charge in [0, 0.05) is 62.3 Å². The maximum absolute atomic E-state index is 13.2.